The van der Waals surface area contributed by atoms with Crippen LogP contribution in [0.4, 0.5) is 5.69 Å². The molecule has 0 aliphatic heterocycles. The van der Waals surface area contributed by atoms with Gasteiger partial charge in [-0.15, -0.1) is 0 Å². The number of hydrogen-bond donors (Lipinski definition) is 2. The molecule has 0 bridgehead atoms. The number of rotatable bonds is 5. The van der Waals surface area contributed by atoms with Crippen LogP contribution in [0.15, 0.2) is 22.7 Å². The summed E-state index contributed by atoms with van der Waals surface area (Å²) in [6, 6.07) is 5.49. The third kappa shape index (κ3) is 5.08. The van der Waals surface area contributed by atoms with Crippen molar-refractivity contribution in [3.63, 3.8) is 0 Å². The smallest absolute Gasteiger partial charge is 0.224 e. The van der Waals surface area contributed by atoms with Gasteiger partial charge in [0.25, 0.3) is 0 Å². The minimum absolute atomic E-state index is 0.0735. The van der Waals surface area contributed by atoms with Crippen molar-refractivity contribution >= 4 is 44.7 Å². The summed E-state index contributed by atoms with van der Waals surface area (Å²) >= 11 is 8.38. The highest BCUT2D eigenvalue weighted by Gasteiger charge is 2.15. The van der Waals surface area contributed by atoms with Crippen molar-refractivity contribution in [1.82, 2.24) is 0 Å². The van der Waals surface area contributed by atoms with Gasteiger partial charge in [-0.3, -0.25) is 4.79 Å². The summed E-state index contributed by atoms with van der Waals surface area (Å²) in [6.07, 6.45) is 8.13. The topological polar surface area (TPSA) is 55.1 Å². The Morgan fingerprint density at radius 1 is 1.33 bits per heavy atom. The van der Waals surface area contributed by atoms with Gasteiger partial charge in [0.1, 0.15) is 4.99 Å². The Morgan fingerprint density at radius 3 is 2.67 bits per heavy atom. The van der Waals surface area contributed by atoms with Gasteiger partial charge in [-0.05, 0) is 46.5 Å². The maximum atomic E-state index is 12.0. The first-order valence-corrected chi connectivity index (χ1v) is 8.65. The largest absolute Gasteiger partial charge is 0.389 e. The average Bonchev–Trinajstić information content (AvgIpc) is 2.48. The number of nitrogens with two attached hydrogens (primary N) is 1. The summed E-state index contributed by atoms with van der Waals surface area (Å²) in [6.45, 7) is 0. The van der Waals surface area contributed by atoms with Crippen LogP contribution in [0.2, 0.25) is 0 Å². The second kappa shape index (κ2) is 7.90. The number of amides is 1. The molecule has 2 rings (SSSR count). The summed E-state index contributed by atoms with van der Waals surface area (Å²) < 4.78 is 0.804. The van der Waals surface area contributed by atoms with Crippen molar-refractivity contribution in [2.45, 2.75) is 44.9 Å². The number of halogens is 1. The lowest BCUT2D eigenvalue weighted by Gasteiger charge is -2.21. The lowest BCUT2D eigenvalue weighted by molar-refractivity contribution is -0.116. The molecule has 21 heavy (non-hydrogen) atoms. The first-order chi connectivity index (χ1) is 10.1. The molecule has 3 N–H and O–H groups in total. The monoisotopic (exact) mass is 368 g/mol. The molecular weight excluding hydrogens is 348 g/mol. The number of carbonyl (C=O) groups is 1. The first-order valence-electron chi connectivity index (χ1n) is 7.45. The Labute approximate surface area is 139 Å². The Kier molecular flexibility index (Phi) is 6.18. The van der Waals surface area contributed by atoms with Crippen LogP contribution in [0.25, 0.3) is 0 Å². The molecule has 1 saturated carbocycles. The van der Waals surface area contributed by atoms with Crippen LogP contribution in [0.5, 0.6) is 0 Å². The van der Waals surface area contributed by atoms with Crippen LogP contribution in [-0.4, -0.2) is 10.9 Å². The molecule has 1 amide bonds. The highest BCUT2D eigenvalue weighted by Crippen LogP contribution is 2.28. The molecule has 1 aromatic rings. The lowest BCUT2D eigenvalue weighted by atomic mass is 9.86. The Balaban J connectivity index is 1.85. The van der Waals surface area contributed by atoms with Gasteiger partial charge >= 0.3 is 0 Å². The molecule has 1 aliphatic rings. The van der Waals surface area contributed by atoms with Crippen molar-refractivity contribution in [2.75, 3.05) is 5.32 Å². The van der Waals surface area contributed by atoms with Crippen molar-refractivity contribution in [1.29, 1.82) is 0 Å². The summed E-state index contributed by atoms with van der Waals surface area (Å²) in [7, 11) is 0. The molecule has 5 heteroatoms. The Bertz CT molecular complexity index is 527. The minimum Gasteiger partial charge on any atom is -0.389 e. The zero-order valence-corrected chi connectivity index (χ0v) is 14.4. The van der Waals surface area contributed by atoms with E-state index in [4.69, 9.17) is 18.0 Å². The number of nitrogens with one attached hydrogen (secondary N) is 1. The maximum absolute atomic E-state index is 12.0. The summed E-state index contributed by atoms with van der Waals surface area (Å²) in [5.74, 6) is 0.800. The fourth-order valence-electron chi connectivity index (χ4n) is 2.79. The van der Waals surface area contributed by atoms with Crippen LogP contribution in [0.1, 0.15) is 50.5 Å². The minimum atomic E-state index is 0.0735. The van der Waals surface area contributed by atoms with E-state index in [1.807, 2.05) is 18.2 Å². The van der Waals surface area contributed by atoms with Gasteiger partial charge in [-0.25, -0.2) is 0 Å². The van der Waals surface area contributed by atoms with Gasteiger partial charge in [0.15, 0.2) is 0 Å². The molecule has 1 fully saturated rings. The zero-order chi connectivity index (χ0) is 15.2. The van der Waals surface area contributed by atoms with Crippen molar-refractivity contribution in [3.05, 3.63) is 28.2 Å². The van der Waals surface area contributed by atoms with E-state index < -0.39 is 0 Å². The molecule has 0 atom stereocenters. The number of carbonyl (C=O) groups excluding carboxylic acids is 1. The van der Waals surface area contributed by atoms with Crippen LogP contribution in [-0.2, 0) is 4.79 Å². The zero-order valence-electron chi connectivity index (χ0n) is 12.0. The molecule has 0 aromatic heterocycles. The van der Waals surface area contributed by atoms with Gasteiger partial charge in [-0.2, -0.15) is 0 Å². The molecular formula is C16H21BrN2OS. The van der Waals surface area contributed by atoms with E-state index in [-0.39, 0.29) is 5.91 Å². The fourth-order valence-corrected chi connectivity index (χ4v) is 3.40. The first kappa shape index (κ1) is 16.4. The van der Waals surface area contributed by atoms with Crippen LogP contribution in [0.3, 0.4) is 0 Å². The third-order valence-electron chi connectivity index (χ3n) is 4.03. The van der Waals surface area contributed by atoms with E-state index in [2.05, 4.69) is 21.2 Å². The fraction of sp³-hybridized carbons (Fsp3) is 0.500. The number of thiocarbonyl (C=S) groups is 1. The van der Waals surface area contributed by atoms with Gasteiger partial charge in [0.05, 0.1) is 5.69 Å². The Morgan fingerprint density at radius 2 is 2.05 bits per heavy atom. The van der Waals surface area contributed by atoms with E-state index in [0.29, 0.717) is 11.4 Å². The van der Waals surface area contributed by atoms with Crippen molar-refractivity contribution in [2.24, 2.45) is 11.7 Å². The molecule has 0 saturated heterocycles. The van der Waals surface area contributed by atoms with Crippen LogP contribution >= 0.6 is 28.1 Å². The van der Waals surface area contributed by atoms with E-state index >= 15 is 0 Å². The molecule has 114 valence electrons. The third-order valence-corrected chi connectivity index (χ3v) is 4.92. The number of anilines is 1. The van der Waals surface area contributed by atoms with Gasteiger partial charge in [0, 0.05) is 16.5 Å². The highest BCUT2D eigenvalue weighted by molar-refractivity contribution is 9.10. The predicted octanol–water partition coefficient (Wildman–Crippen LogP) is 4.38. The van der Waals surface area contributed by atoms with Gasteiger partial charge in [0.2, 0.25) is 5.91 Å². The van der Waals surface area contributed by atoms with Gasteiger partial charge in [-0.1, -0.05) is 44.3 Å². The molecule has 0 spiro atoms. The summed E-state index contributed by atoms with van der Waals surface area (Å²) in [4.78, 5) is 12.4. The quantitative estimate of drug-likeness (QED) is 0.758. The summed E-state index contributed by atoms with van der Waals surface area (Å²) in [5, 5.41) is 2.95. The van der Waals surface area contributed by atoms with Crippen molar-refractivity contribution in [3.8, 4) is 0 Å². The molecule has 1 aliphatic carbocycles. The second-order valence-electron chi connectivity index (χ2n) is 5.65. The van der Waals surface area contributed by atoms with E-state index in [1.54, 1.807) is 0 Å². The van der Waals surface area contributed by atoms with E-state index in [9.17, 15) is 4.79 Å². The second-order valence-corrected chi connectivity index (χ2v) is 6.94. The van der Waals surface area contributed by atoms with E-state index in [0.717, 1.165) is 28.1 Å². The SMILES string of the molecule is NC(=S)c1ccc(NC(=O)CCC2CCCCC2)c(Br)c1. The normalized spacial score (nSPS) is 15.7. The lowest BCUT2D eigenvalue weighted by Crippen LogP contribution is -2.15. The average molecular weight is 369 g/mol. The van der Waals surface area contributed by atoms with Crippen LogP contribution in [0, 0.1) is 5.92 Å². The molecule has 0 heterocycles. The predicted molar refractivity (Wildman–Crippen MR) is 94.5 cm³/mol. The summed E-state index contributed by atoms with van der Waals surface area (Å²) in [5.41, 5.74) is 7.14. The van der Waals surface area contributed by atoms with Crippen molar-refractivity contribution < 1.29 is 4.79 Å². The number of benzene rings is 1. The number of hydrogen-bond acceptors (Lipinski definition) is 2. The van der Waals surface area contributed by atoms with Crippen LogP contribution < -0.4 is 11.1 Å². The highest BCUT2D eigenvalue weighted by atomic mass is 79.9. The Hall–Kier alpha value is -0.940. The molecule has 0 radical (unpaired) electrons. The molecule has 0 unspecified atom stereocenters. The standard InChI is InChI=1S/C16H21BrN2OS/c17-13-10-12(16(18)21)7-8-14(13)19-15(20)9-6-11-4-2-1-3-5-11/h7-8,10-11H,1-6,9H2,(H2,18,21)(H,19,20). The maximum Gasteiger partial charge on any atom is 0.224 e. The molecule has 1 aromatic carbocycles. The van der Waals surface area contributed by atoms with E-state index in [1.165, 1.54) is 32.1 Å². The van der Waals surface area contributed by atoms with Gasteiger partial charge < -0.3 is 11.1 Å². The molecule has 3 nitrogen and oxygen atoms in total.